The topological polar surface area (TPSA) is 245 Å². The van der Waals surface area contributed by atoms with E-state index in [1.54, 1.807) is 24.3 Å². The molecular formula is C32H42O17. The molecule has 3 saturated heterocycles. The van der Waals surface area contributed by atoms with Gasteiger partial charge in [0.1, 0.15) is 48.3 Å². The van der Waals surface area contributed by atoms with Crippen LogP contribution in [0.15, 0.2) is 36.6 Å². The lowest BCUT2D eigenvalue weighted by molar-refractivity contribution is -0.347. The van der Waals surface area contributed by atoms with E-state index in [0.717, 1.165) is 6.08 Å². The molecule has 1 aromatic carbocycles. The van der Waals surface area contributed by atoms with Crippen molar-refractivity contribution in [2.45, 2.75) is 92.4 Å². The minimum Gasteiger partial charge on any atom is -0.493 e. The summed E-state index contributed by atoms with van der Waals surface area (Å²) < 4.78 is 51.4. The molecule has 0 amide bonds. The second kappa shape index (κ2) is 14.4. The molecule has 0 aromatic heterocycles. The molecule has 0 unspecified atom stereocenters. The Labute approximate surface area is 280 Å². The van der Waals surface area contributed by atoms with Gasteiger partial charge in [0.15, 0.2) is 30.2 Å². The van der Waals surface area contributed by atoms with Gasteiger partial charge in [-0.2, -0.15) is 0 Å². The largest absolute Gasteiger partial charge is 0.493 e. The van der Waals surface area contributed by atoms with Crippen molar-refractivity contribution >= 4 is 12.0 Å². The first kappa shape index (κ1) is 35.9. The highest BCUT2D eigenvalue weighted by Crippen LogP contribution is 2.61. The van der Waals surface area contributed by atoms with Gasteiger partial charge in [-0.1, -0.05) is 6.07 Å². The number of carbonyl (C=O) groups excluding carboxylic acids is 1. The molecule has 0 bridgehead atoms. The fraction of sp³-hybridized carbons (Fsp3) is 0.656. The van der Waals surface area contributed by atoms with E-state index in [2.05, 4.69) is 0 Å². The van der Waals surface area contributed by atoms with Crippen LogP contribution in [0.25, 0.3) is 6.08 Å². The highest BCUT2D eigenvalue weighted by Gasteiger charge is 2.77. The molecule has 6 rings (SSSR count). The third kappa shape index (κ3) is 6.55. The Hall–Kier alpha value is -2.91. The first-order valence-corrected chi connectivity index (χ1v) is 15.8. The van der Waals surface area contributed by atoms with Gasteiger partial charge >= 0.3 is 5.97 Å². The zero-order valence-electron chi connectivity index (χ0n) is 26.8. The van der Waals surface area contributed by atoms with E-state index in [1.165, 1.54) is 33.5 Å². The molecule has 49 heavy (non-hydrogen) atoms. The molecule has 16 atom stereocenters. The van der Waals surface area contributed by atoms with E-state index in [-0.39, 0.29) is 0 Å². The van der Waals surface area contributed by atoms with Crippen molar-refractivity contribution < 1.29 is 83.2 Å². The summed E-state index contributed by atoms with van der Waals surface area (Å²) in [6, 6.07) is 5.00. The van der Waals surface area contributed by atoms with Crippen molar-refractivity contribution in [2.75, 3.05) is 27.4 Å². The number of aliphatic hydroxyl groups excluding tert-OH is 7. The smallest absolute Gasteiger partial charge is 0.331 e. The number of aliphatic hydroxyl groups is 7. The first-order valence-electron chi connectivity index (χ1n) is 15.8. The zero-order valence-corrected chi connectivity index (χ0v) is 26.8. The van der Waals surface area contributed by atoms with Crippen molar-refractivity contribution in [1.29, 1.82) is 0 Å². The first-order chi connectivity index (χ1) is 23.5. The second-order valence-electron chi connectivity index (χ2n) is 12.6. The Balaban J connectivity index is 1.18. The van der Waals surface area contributed by atoms with Crippen LogP contribution in [-0.4, -0.2) is 155 Å². The maximum Gasteiger partial charge on any atom is 0.331 e. The molecule has 4 fully saturated rings. The summed E-state index contributed by atoms with van der Waals surface area (Å²) >= 11 is 0. The molecule has 0 radical (unpaired) electrons. The summed E-state index contributed by atoms with van der Waals surface area (Å²) in [5.41, 5.74) is -0.655. The summed E-state index contributed by atoms with van der Waals surface area (Å²) in [6.45, 7) is 0.357. The van der Waals surface area contributed by atoms with Gasteiger partial charge in [0.25, 0.3) is 0 Å². The molecule has 1 aliphatic carbocycles. The molecule has 4 aliphatic heterocycles. The summed E-state index contributed by atoms with van der Waals surface area (Å²) in [5.74, 6) is -1.28. The Morgan fingerprint density at radius 1 is 0.878 bits per heavy atom. The SMILES string of the molecule is COc1ccc(C=CC(=O)O[C@H]2[C@H](O[C@H]3[C@@H]4C=CO[C@@H](O[C@@H]5O[C@H](CO)[C@@H](O)[C@H](O)[C@H]5O)[C@@H]4[C@@]4(CO)O[C@@H]34)O[C@@H](C)[C@H](O)[C@H]2O)cc1OC. The van der Waals surface area contributed by atoms with E-state index >= 15 is 0 Å². The van der Waals surface area contributed by atoms with Crippen LogP contribution in [0, 0.1) is 11.8 Å². The molecule has 4 heterocycles. The van der Waals surface area contributed by atoms with Gasteiger partial charge in [0, 0.05) is 12.0 Å². The Morgan fingerprint density at radius 3 is 2.33 bits per heavy atom. The van der Waals surface area contributed by atoms with Crippen LogP contribution < -0.4 is 9.47 Å². The lowest BCUT2D eigenvalue weighted by Crippen LogP contribution is -2.61. The van der Waals surface area contributed by atoms with Gasteiger partial charge in [-0.15, -0.1) is 0 Å². The van der Waals surface area contributed by atoms with Crippen LogP contribution in [-0.2, 0) is 38.0 Å². The predicted molar refractivity (Wildman–Crippen MR) is 160 cm³/mol. The number of benzene rings is 1. The molecule has 272 valence electrons. The van der Waals surface area contributed by atoms with Gasteiger partial charge in [-0.25, -0.2) is 4.79 Å². The van der Waals surface area contributed by atoms with Crippen molar-refractivity contribution in [1.82, 2.24) is 0 Å². The van der Waals surface area contributed by atoms with E-state index in [9.17, 15) is 40.5 Å². The molecule has 5 aliphatic rings. The number of carbonyl (C=O) groups is 1. The number of rotatable bonds is 11. The molecule has 7 N–H and O–H groups in total. The predicted octanol–water partition coefficient (Wildman–Crippen LogP) is -2.46. The highest BCUT2D eigenvalue weighted by atomic mass is 16.8. The average molecular weight is 699 g/mol. The number of epoxide rings is 1. The summed E-state index contributed by atoms with van der Waals surface area (Å²) in [4.78, 5) is 13.0. The third-order valence-corrected chi connectivity index (χ3v) is 9.75. The number of hydrogen-bond acceptors (Lipinski definition) is 17. The van der Waals surface area contributed by atoms with E-state index in [4.69, 9.17) is 42.6 Å². The Kier molecular flexibility index (Phi) is 10.5. The fourth-order valence-electron chi connectivity index (χ4n) is 7.00. The van der Waals surface area contributed by atoms with Gasteiger partial charge < -0.3 is 78.4 Å². The van der Waals surface area contributed by atoms with E-state index in [1.807, 2.05) is 0 Å². The highest BCUT2D eigenvalue weighted by molar-refractivity contribution is 5.87. The van der Waals surface area contributed by atoms with Crippen LogP contribution in [0.5, 0.6) is 11.5 Å². The number of methoxy groups -OCH3 is 2. The number of ether oxygens (including phenoxy) is 9. The number of esters is 1. The van der Waals surface area contributed by atoms with E-state index < -0.39 is 117 Å². The Bertz CT molecular complexity index is 1390. The summed E-state index contributed by atoms with van der Waals surface area (Å²) in [5, 5.41) is 72.5. The maximum absolute atomic E-state index is 13.0. The molecule has 1 aromatic rings. The van der Waals surface area contributed by atoms with Gasteiger partial charge in [0.2, 0.25) is 6.29 Å². The standard InChI is InChI=1S/C32H42O17/c1-13-21(36)24(39)27(46-19(35)7-5-14-4-6-16(41-2)17(10-14)42-3)31(44-13)47-26-15-8-9-43-29(20(15)32(12-34)28(26)49-32)48-30-25(40)23(38)22(37)18(11-33)45-30/h4-10,13,15,18,20-31,33-34,36-40H,11-12H2,1-3H3/t13-,15+,18+,20+,21-,22+,23-,24+,25+,26-,27+,28-,29-,30-,31-,32+/m0/s1. The minimum atomic E-state index is -1.71. The third-order valence-electron chi connectivity index (χ3n) is 9.75. The van der Waals surface area contributed by atoms with Gasteiger partial charge in [-0.05, 0) is 36.8 Å². The lowest BCUT2D eigenvalue weighted by atomic mass is 9.85. The van der Waals surface area contributed by atoms with Crippen LogP contribution in [0.2, 0.25) is 0 Å². The van der Waals surface area contributed by atoms with Crippen LogP contribution in [0.3, 0.4) is 0 Å². The monoisotopic (exact) mass is 698 g/mol. The van der Waals surface area contributed by atoms with Crippen LogP contribution in [0.4, 0.5) is 0 Å². The fourth-order valence-corrected chi connectivity index (χ4v) is 7.00. The quantitative estimate of drug-likeness (QED) is 0.0720. The number of hydrogen-bond donors (Lipinski definition) is 7. The average Bonchev–Trinajstić information content (AvgIpc) is 3.78. The minimum absolute atomic E-state index is 0.443. The van der Waals surface area contributed by atoms with Gasteiger partial charge in [-0.3, -0.25) is 0 Å². The normalized spacial score (nSPS) is 44.2. The molecule has 0 spiro atoms. The van der Waals surface area contributed by atoms with Crippen molar-refractivity contribution in [2.24, 2.45) is 11.8 Å². The molecule has 17 nitrogen and oxygen atoms in total. The molecular weight excluding hydrogens is 656 g/mol. The van der Waals surface area contributed by atoms with Gasteiger partial charge in [0.05, 0.1) is 51.8 Å². The maximum atomic E-state index is 13.0. The van der Waals surface area contributed by atoms with Crippen LogP contribution in [0.1, 0.15) is 12.5 Å². The lowest BCUT2D eigenvalue weighted by Gasteiger charge is -2.44. The van der Waals surface area contributed by atoms with E-state index in [0.29, 0.717) is 17.1 Å². The number of fused-ring (bicyclic) bond motifs is 3. The Morgan fingerprint density at radius 2 is 1.63 bits per heavy atom. The summed E-state index contributed by atoms with van der Waals surface area (Å²) in [6.07, 6.45) is -11.9. The second-order valence-corrected chi connectivity index (χ2v) is 12.6. The molecule has 1 saturated carbocycles. The summed E-state index contributed by atoms with van der Waals surface area (Å²) in [7, 11) is 2.97. The van der Waals surface area contributed by atoms with Crippen molar-refractivity contribution in [3.05, 3.63) is 42.2 Å². The molecule has 17 heteroatoms. The van der Waals surface area contributed by atoms with Crippen molar-refractivity contribution in [3.63, 3.8) is 0 Å². The van der Waals surface area contributed by atoms with Crippen molar-refractivity contribution in [3.8, 4) is 11.5 Å². The zero-order chi connectivity index (χ0) is 35.2. The van der Waals surface area contributed by atoms with Crippen LogP contribution >= 0.6 is 0 Å².